The van der Waals surface area contributed by atoms with E-state index < -0.39 is 12.0 Å². The van der Waals surface area contributed by atoms with Crippen LogP contribution in [-0.2, 0) is 14.3 Å². The van der Waals surface area contributed by atoms with Gasteiger partial charge in [-0.1, -0.05) is 13.8 Å². The van der Waals surface area contributed by atoms with Crippen LogP contribution in [0.5, 0.6) is 0 Å². The van der Waals surface area contributed by atoms with Crippen molar-refractivity contribution in [3.05, 3.63) is 0 Å². The highest BCUT2D eigenvalue weighted by Crippen LogP contribution is 1.98. The van der Waals surface area contributed by atoms with Gasteiger partial charge in [0.25, 0.3) is 0 Å². The molecule has 0 amide bonds. The third-order valence-corrected chi connectivity index (χ3v) is 1.33. The first-order chi connectivity index (χ1) is 5.00. The SMILES string of the molecule is COC(=O)C(N)C(=O)C(C)C.Cl. The van der Waals surface area contributed by atoms with Crippen LogP contribution in [0.4, 0.5) is 0 Å². The maximum Gasteiger partial charge on any atom is 0.330 e. The van der Waals surface area contributed by atoms with E-state index in [9.17, 15) is 9.59 Å². The Morgan fingerprint density at radius 1 is 1.33 bits per heavy atom. The maximum absolute atomic E-state index is 11.0. The van der Waals surface area contributed by atoms with Crippen molar-refractivity contribution in [2.45, 2.75) is 19.9 Å². The zero-order chi connectivity index (χ0) is 9.02. The van der Waals surface area contributed by atoms with Crippen molar-refractivity contribution in [3.8, 4) is 0 Å². The molecule has 4 nitrogen and oxygen atoms in total. The molecule has 0 rings (SSSR count). The molecule has 0 bridgehead atoms. The number of esters is 1. The molecule has 0 saturated heterocycles. The standard InChI is InChI=1S/C7H13NO3.ClH/c1-4(2)6(9)5(8)7(10)11-3;/h4-5H,8H2,1-3H3;1H. The molecule has 0 saturated carbocycles. The molecule has 0 aliphatic heterocycles. The fraction of sp³-hybridized carbons (Fsp3) is 0.714. The van der Waals surface area contributed by atoms with Gasteiger partial charge in [-0.2, -0.15) is 0 Å². The average molecular weight is 196 g/mol. The van der Waals surface area contributed by atoms with Gasteiger partial charge in [-0.05, 0) is 0 Å². The summed E-state index contributed by atoms with van der Waals surface area (Å²) in [5.74, 6) is -1.20. The van der Waals surface area contributed by atoms with Crippen molar-refractivity contribution in [2.24, 2.45) is 11.7 Å². The summed E-state index contributed by atoms with van der Waals surface area (Å²) in [6, 6.07) is -1.13. The molecule has 0 spiro atoms. The lowest BCUT2D eigenvalue weighted by Crippen LogP contribution is -2.41. The summed E-state index contributed by atoms with van der Waals surface area (Å²) in [5, 5.41) is 0. The summed E-state index contributed by atoms with van der Waals surface area (Å²) < 4.78 is 4.30. The Morgan fingerprint density at radius 2 is 1.75 bits per heavy atom. The van der Waals surface area contributed by atoms with Crippen LogP contribution in [0.1, 0.15) is 13.8 Å². The van der Waals surface area contributed by atoms with Crippen LogP contribution in [-0.4, -0.2) is 24.9 Å². The predicted octanol–water partition coefficient (Wildman–Crippen LogP) is 0.134. The van der Waals surface area contributed by atoms with Gasteiger partial charge in [-0.3, -0.25) is 4.79 Å². The summed E-state index contributed by atoms with van der Waals surface area (Å²) in [4.78, 5) is 21.7. The second-order valence-corrected chi connectivity index (χ2v) is 2.56. The van der Waals surface area contributed by atoms with Crippen LogP contribution in [0.2, 0.25) is 0 Å². The molecule has 0 aromatic carbocycles. The van der Waals surface area contributed by atoms with E-state index in [1.807, 2.05) is 0 Å². The molecule has 5 heteroatoms. The van der Waals surface area contributed by atoms with Gasteiger partial charge in [0.15, 0.2) is 11.8 Å². The smallest absolute Gasteiger partial charge is 0.330 e. The number of carbonyl (C=O) groups excluding carboxylic acids is 2. The number of Topliss-reactive ketones (excluding diaryl/α,β-unsaturated/α-hetero) is 1. The second kappa shape index (κ2) is 5.97. The molecule has 0 aliphatic rings. The molecule has 72 valence electrons. The lowest BCUT2D eigenvalue weighted by Gasteiger charge is -2.09. The fourth-order valence-corrected chi connectivity index (χ4v) is 0.602. The summed E-state index contributed by atoms with van der Waals surface area (Å²) in [6.45, 7) is 3.37. The minimum atomic E-state index is -1.13. The van der Waals surface area contributed by atoms with E-state index in [-0.39, 0.29) is 24.1 Å². The quantitative estimate of drug-likeness (QED) is 0.514. The number of rotatable bonds is 3. The van der Waals surface area contributed by atoms with Gasteiger partial charge in [0.2, 0.25) is 0 Å². The Bertz CT molecular complexity index is 170. The first-order valence-electron chi connectivity index (χ1n) is 3.37. The van der Waals surface area contributed by atoms with Crippen LogP contribution < -0.4 is 5.73 Å². The highest BCUT2D eigenvalue weighted by molar-refractivity contribution is 6.03. The Kier molecular flexibility index (Phi) is 6.94. The maximum atomic E-state index is 11.0. The van der Waals surface area contributed by atoms with E-state index in [0.29, 0.717) is 0 Å². The van der Waals surface area contributed by atoms with Crippen molar-refractivity contribution >= 4 is 24.2 Å². The number of halogens is 1. The molecular formula is C7H14ClNO3. The Labute approximate surface area is 77.9 Å². The number of hydrogen-bond donors (Lipinski definition) is 1. The van der Waals surface area contributed by atoms with Gasteiger partial charge in [-0.15, -0.1) is 12.4 Å². The summed E-state index contributed by atoms with van der Waals surface area (Å²) >= 11 is 0. The van der Waals surface area contributed by atoms with Gasteiger partial charge >= 0.3 is 5.97 Å². The van der Waals surface area contributed by atoms with Crippen LogP contribution in [0.15, 0.2) is 0 Å². The molecule has 1 atom stereocenters. The predicted molar refractivity (Wildman–Crippen MR) is 47.1 cm³/mol. The third kappa shape index (κ3) is 3.69. The molecule has 12 heavy (non-hydrogen) atoms. The molecular weight excluding hydrogens is 182 g/mol. The monoisotopic (exact) mass is 195 g/mol. The Balaban J connectivity index is 0. The highest BCUT2D eigenvalue weighted by Gasteiger charge is 2.24. The number of carbonyl (C=O) groups is 2. The average Bonchev–Trinajstić information content (AvgIpc) is 2.00. The molecule has 0 heterocycles. The van der Waals surface area contributed by atoms with Gasteiger partial charge in [0.1, 0.15) is 0 Å². The van der Waals surface area contributed by atoms with Gasteiger partial charge in [0, 0.05) is 5.92 Å². The van der Waals surface area contributed by atoms with Crippen LogP contribution in [0.25, 0.3) is 0 Å². The third-order valence-electron chi connectivity index (χ3n) is 1.33. The summed E-state index contributed by atoms with van der Waals surface area (Å²) in [5.41, 5.74) is 5.25. The van der Waals surface area contributed by atoms with E-state index in [4.69, 9.17) is 5.73 Å². The van der Waals surface area contributed by atoms with Gasteiger partial charge < -0.3 is 10.5 Å². The molecule has 0 radical (unpaired) electrons. The fourth-order valence-electron chi connectivity index (χ4n) is 0.602. The van der Waals surface area contributed by atoms with Crippen molar-refractivity contribution in [2.75, 3.05) is 7.11 Å². The van der Waals surface area contributed by atoms with Crippen molar-refractivity contribution in [1.29, 1.82) is 0 Å². The lowest BCUT2D eigenvalue weighted by molar-refractivity contribution is -0.146. The Morgan fingerprint density at radius 3 is 2.00 bits per heavy atom. The number of ether oxygens (including phenoxy) is 1. The molecule has 1 unspecified atom stereocenters. The minimum absolute atomic E-state index is 0. The van der Waals surface area contributed by atoms with Gasteiger partial charge in [0.05, 0.1) is 7.11 Å². The summed E-state index contributed by atoms with van der Waals surface area (Å²) in [7, 11) is 1.20. The first-order valence-corrected chi connectivity index (χ1v) is 3.37. The van der Waals surface area contributed by atoms with E-state index in [1.165, 1.54) is 7.11 Å². The normalized spacial score (nSPS) is 11.8. The molecule has 0 aromatic rings. The number of hydrogen-bond acceptors (Lipinski definition) is 4. The zero-order valence-corrected chi connectivity index (χ0v) is 8.18. The molecule has 0 aromatic heterocycles. The van der Waals surface area contributed by atoms with Crippen LogP contribution in [0.3, 0.4) is 0 Å². The topological polar surface area (TPSA) is 69.4 Å². The van der Waals surface area contributed by atoms with Crippen LogP contribution in [0, 0.1) is 5.92 Å². The first kappa shape index (κ1) is 13.9. The molecule has 0 aliphatic carbocycles. The Hall–Kier alpha value is -0.610. The lowest BCUT2D eigenvalue weighted by atomic mass is 10.0. The van der Waals surface area contributed by atoms with E-state index in [0.717, 1.165) is 0 Å². The van der Waals surface area contributed by atoms with Crippen molar-refractivity contribution < 1.29 is 14.3 Å². The molecule has 2 N–H and O–H groups in total. The molecule has 0 fully saturated rings. The van der Waals surface area contributed by atoms with E-state index in [1.54, 1.807) is 13.8 Å². The largest absolute Gasteiger partial charge is 0.468 e. The summed E-state index contributed by atoms with van der Waals surface area (Å²) in [6.07, 6.45) is 0. The second-order valence-electron chi connectivity index (χ2n) is 2.56. The van der Waals surface area contributed by atoms with E-state index >= 15 is 0 Å². The van der Waals surface area contributed by atoms with Crippen molar-refractivity contribution in [3.63, 3.8) is 0 Å². The highest BCUT2D eigenvalue weighted by atomic mass is 35.5. The van der Waals surface area contributed by atoms with Crippen LogP contribution >= 0.6 is 12.4 Å². The minimum Gasteiger partial charge on any atom is -0.468 e. The van der Waals surface area contributed by atoms with Crippen molar-refractivity contribution in [1.82, 2.24) is 0 Å². The zero-order valence-electron chi connectivity index (χ0n) is 7.37. The number of methoxy groups -OCH3 is 1. The van der Waals surface area contributed by atoms with E-state index in [2.05, 4.69) is 4.74 Å². The number of nitrogens with two attached hydrogens (primary N) is 1. The van der Waals surface area contributed by atoms with Gasteiger partial charge in [-0.25, -0.2) is 4.79 Å². The number of ketones is 1.